The number of amides is 1. The van der Waals surface area contributed by atoms with Crippen LogP contribution >= 0.6 is 0 Å². The molecule has 0 radical (unpaired) electrons. The number of carbonyl (C=O) groups is 1. The second-order valence-electron chi connectivity index (χ2n) is 6.07. The van der Waals surface area contributed by atoms with Gasteiger partial charge in [-0.15, -0.1) is 0 Å². The third kappa shape index (κ3) is 2.60. The van der Waals surface area contributed by atoms with E-state index in [1.165, 1.54) is 0 Å². The lowest BCUT2D eigenvalue weighted by molar-refractivity contribution is -0.116. The van der Waals surface area contributed by atoms with Crippen LogP contribution in [0.1, 0.15) is 23.6 Å². The number of nitrogens with zero attached hydrogens (tertiary/aromatic N) is 2. The zero-order valence-corrected chi connectivity index (χ0v) is 14.6. The zero-order valence-electron chi connectivity index (χ0n) is 14.6. The van der Waals surface area contributed by atoms with Gasteiger partial charge in [-0.3, -0.25) is 9.36 Å². The quantitative estimate of drug-likeness (QED) is 0.784. The lowest BCUT2D eigenvalue weighted by Crippen LogP contribution is -2.25. The molecule has 0 spiro atoms. The van der Waals surface area contributed by atoms with Crippen molar-refractivity contribution in [1.29, 1.82) is 0 Å². The van der Waals surface area contributed by atoms with Crippen LogP contribution in [0.3, 0.4) is 0 Å². The summed E-state index contributed by atoms with van der Waals surface area (Å²) in [6.45, 7) is 0. The molecule has 0 fully saturated rings. The van der Waals surface area contributed by atoms with E-state index in [1.807, 2.05) is 53.1 Å². The topological polar surface area (TPSA) is 65.4 Å². The molecule has 1 N–H and O–H groups in total. The number of imidazole rings is 1. The molecule has 0 saturated heterocycles. The van der Waals surface area contributed by atoms with E-state index in [1.54, 1.807) is 20.5 Å². The lowest BCUT2D eigenvalue weighted by Gasteiger charge is -2.25. The highest BCUT2D eigenvalue weighted by Crippen LogP contribution is 2.43. The van der Waals surface area contributed by atoms with Crippen LogP contribution in [0, 0.1) is 0 Å². The molecule has 3 aromatic rings. The highest BCUT2D eigenvalue weighted by atomic mass is 16.5. The molecule has 6 heteroatoms. The fraction of sp³-hybridized carbons (Fsp3) is 0.200. The van der Waals surface area contributed by atoms with E-state index in [0.29, 0.717) is 23.7 Å². The van der Waals surface area contributed by atoms with Crippen molar-refractivity contribution in [3.63, 3.8) is 0 Å². The summed E-state index contributed by atoms with van der Waals surface area (Å²) in [5.74, 6) is 1.72. The number of rotatable bonds is 4. The third-order valence-corrected chi connectivity index (χ3v) is 4.62. The predicted octanol–water partition coefficient (Wildman–Crippen LogP) is 3.36. The molecule has 6 nitrogen and oxygen atoms in total. The largest absolute Gasteiger partial charge is 0.493 e. The smallest absolute Gasteiger partial charge is 0.226 e. The Balaban J connectivity index is 1.85. The van der Waals surface area contributed by atoms with E-state index in [2.05, 4.69) is 10.3 Å². The van der Waals surface area contributed by atoms with Crippen molar-refractivity contribution in [3.8, 4) is 17.2 Å². The Bertz CT molecular complexity index is 950. The Morgan fingerprint density at radius 1 is 1.08 bits per heavy atom. The molecule has 1 aliphatic heterocycles. The second kappa shape index (κ2) is 6.55. The lowest BCUT2D eigenvalue weighted by atomic mass is 9.89. The van der Waals surface area contributed by atoms with Gasteiger partial charge in [0.05, 0.1) is 19.9 Å². The van der Waals surface area contributed by atoms with Crippen LogP contribution in [0.2, 0.25) is 0 Å². The maximum atomic E-state index is 12.4. The minimum atomic E-state index is -0.200. The number of hydrogen-bond acceptors (Lipinski definition) is 4. The molecule has 132 valence electrons. The monoisotopic (exact) mass is 349 g/mol. The minimum Gasteiger partial charge on any atom is -0.493 e. The summed E-state index contributed by atoms with van der Waals surface area (Å²) in [4.78, 5) is 17.0. The first-order valence-electron chi connectivity index (χ1n) is 8.36. The molecule has 1 amide bonds. The first-order chi connectivity index (χ1) is 12.7. The number of nitrogens with one attached hydrogen (secondary N) is 1. The van der Waals surface area contributed by atoms with Crippen molar-refractivity contribution >= 4 is 11.7 Å². The van der Waals surface area contributed by atoms with Crippen LogP contribution in [-0.4, -0.2) is 29.7 Å². The van der Waals surface area contributed by atoms with E-state index in [9.17, 15) is 4.79 Å². The number of carbonyl (C=O) groups excluding carboxylic acids is 1. The molecule has 26 heavy (non-hydrogen) atoms. The van der Waals surface area contributed by atoms with Crippen molar-refractivity contribution < 1.29 is 14.3 Å². The number of methoxy groups -OCH3 is 2. The first-order valence-corrected chi connectivity index (χ1v) is 8.36. The van der Waals surface area contributed by atoms with Crippen LogP contribution in [0.15, 0.2) is 54.9 Å². The van der Waals surface area contributed by atoms with Gasteiger partial charge in [0.1, 0.15) is 12.1 Å². The Hall–Kier alpha value is -3.28. The number of ether oxygens (including phenoxy) is 2. The van der Waals surface area contributed by atoms with Crippen molar-refractivity contribution in [1.82, 2.24) is 9.55 Å². The Kier molecular flexibility index (Phi) is 4.08. The van der Waals surface area contributed by atoms with Gasteiger partial charge < -0.3 is 14.8 Å². The number of fused-ring (bicyclic) bond motifs is 1. The summed E-state index contributed by atoms with van der Waals surface area (Å²) in [6.07, 6.45) is 2.05. The third-order valence-electron chi connectivity index (χ3n) is 4.62. The van der Waals surface area contributed by atoms with Crippen LogP contribution in [-0.2, 0) is 4.79 Å². The van der Waals surface area contributed by atoms with Gasteiger partial charge in [0.25, 0.3) is 0 Å². The molecular weight excluding hydrogens is 330 g/mol. The fourth-order valence-electron chi connectivity index (χ4n) is 3.43. The molecule has 1 atom stereocenters. The van der Waals surface area contributed by atoms with Crippen molar-refractivity contribution in [3.05, 3.63) is 66.1 Å². The first kappa shape index (κ1) is 16.2. The van der Waals surface area contributed by atoms with Crippen LogP contribution in [0.5, 0.6) is 11.5 Å². The van der Waals surface area contributed by atoms with Crippen molar-refractivity contribution in [2.75, 3.05) is 19.5 Å². The normalized spacial score (nSPS) is 15.9. The van der Waals surface area contributed by atoms with E-state index in [-0.39, 0.29) is 11.8 Å². The molecule has 0 unspecified atom stereocenters. The zero-order chi connectivity index (χ0) is 18.1. The standard InChI is InChI=1S/C20H19N3O3/c1-25-16-10-6-9-14(19(16)26-2)15-11-17(24)22-20-18(15)21-12-23(20)13-7-4-3-5-8-13/h3-10,12,15H,11H2,1-2H3,(H,22,24)/t15-/m1/s1. The molecule has 0 saturated carbocycles. The molecule has 0 bridgehead atoms. The summed E-state index contributed by atoms with van der Waals surface area (Å²) < 4.78 is 12.9. The van der Waals surface area contributed by atoms with Gasteiger partial charge in [-0.05, 0) is 18.2 Å². The number of aromatic nitrogens is 2. The van der Waals surface area contributed by atoms with E-state index in [4.69, 9.17) is 9.47 Å². The van der Waals surface area contributed by atoms with E-state index < -0.39 is 0 Å². The van der Waals surface area contributed by atoms with Gasteiger partial charge in [-0.2, -0.15) is 0 Å². The van der Waals surface area contributed by atoms with Gasteiger partial charge in [0.2, 0.25) is 5.91 Å². The van der Waals surface area contributed by atoms with Gasteiger partial charge >= 0.3 is 0 Å². The molecule has 0 aliphatic carbocycles. The van der Waals surface area contributed by atoms with E-state index >= 15 is 0 Å². The Labute approximate surface area is 151 Å². The Morgan fingerprint density at radius 3 is 2.62 bits per heavy atom. The van der Waals surface area contributed by atoms with Gasteiger partial charge in [0.15, 0.2) is 11.5 Å². The van der Waals surface area contributed by atoms with Crippen LogP contribution < -0.4 is 14.8 Å². The van der Waals surface area contributed by atoms with Crippen LogP contribution in [0.25, 0.3) is 5.69 Å². The average Bonchev–Trinajstić information content (AvgIpc) is 3.11. The van der Waals surface area contributed by atoms with Crippen molar-refractivity contribution in [2.24, 2.45) is 0 Å². The van der Waals surface area contributed by atoms with Gasteiger partial charge in [-0.25, -0.2) is 4.98 Å². The summed E-state index contributed by atoms with van der Waals surface area (Å²) in [7, 11) is 3.21. The fourth-order valence-corrected chi connectivity index (χ4v) is 3.43. The van der Waals surface area contributed by atoms with Gasteiger partial charge in [0, 0.05) is 23.6 Å². The molecule has 2 heterocycles. The molecule has 4 rings (SSSR count). The maximum absolute atomic E-state index is 12.4. The molecular formula is C20H19N3O3. The Morgan fingerprint density at radius 2 is 1.88 bits per heavy atom. The highest BCUT2D eigenvalue weighted by molar-refractivity contribution is 5.94. The number of anilines is 1. The van der Waals surface area contributed by atoms with Crippen LogP contribution in [0.4, 0.5) is 5.82 Å². The number of hydrogen-bond donors (Lipinski definition) is 1. The second-order valence-corrected chi connectivity index (χ2v) is 6.07. The molecule has 2 aromatic carbocycles. The summed E-state index contributed by atoms with van der Waals surface area (Å²) in [5, 5.41) is 2.96. The number of para-hydroxylation sites is 2. The summed E-state index contributed by atoms with van der Waals surface area (Å²) in [6, 6.07) is 15.5. The molecule has 1 aliphatic rings. The molecule has 1 aromatic heterocycles. The summed E-state index contributed by atoms with van der Waals surface area (Å²) >= 11 is 0. The summed E-state index contributed by atoms with van der Waals surface area (Å²) in [5.41, 5.74) is 2.65. The maximum Gasteiger partial charge on any atom is 0.226 e. The SMILES string of the molecule is COc1cccc([C@H]2CC(=O)Nc3c2ncn3-c2ccccc2)c1OC. The average molecular weight is 349 g/mol. The minimum absolute atomic E-state index is 0.0509. The highest BCUT2D eigenvalue weighted by Gasteiger charge is 2.33. The van der Waals surface area contributed by atoms with E-state index in [0.717, 1.165) is 16.9 Å². The van der Waals surface area contributed by atoms with Crippen molar-refractivity contribution in [2.45, 2.75) is 12.3 Å². The van der Waals surface area contributed by atoms with Gasteiger partial charge in [-0.1, -0.05) is 30.3 Å². The number of benzene rings is 2. The predicted molar refractivity (Wildman–Crippen MR) is 98.2 cm³/mol.